The molecule has 1 amide bonds. The molecular formula is C12H18N2O3S. The van der Waals surface area contributed by atoms with Gasteiger partial charge < -0.3 is 10.4 Å². The SMILES string of the molecule is CCC(CCCCC(=O)Nc1nccs1)C(=O)O. The summed E-state index contributed by atoms with van der Waals surface area (Å²) in [6.45, 7) is 1.87. The molecule has 5 nitrogen and oxygen atoms in total. The second-order valence-corrected chi connectivity index (χ2v) is 4.97. The molecule has 0 aromatic carbocycles. The quantitative estimate of drug-likeness (QED) is 0.712. The van der Waals surface area contributed by atoms with E-state index in [0.717, 1.165) is 6.42 Å². The maximum Gasteiger partial charge on any atom is 0.306 e. The molecule has 0 aliphatic rings. The summed E-state index contributed by atoms with van der Waals surface area (Å²) in [4.78, 5) is 26.2. The summed E-state index contributed by atoms with van der Waals surface area (Å²) in [6.07, 6.45) is 4.79. The molecule has 0 aliphatic carbocycles. The Labute approximate surface area is 110 Å². The number of carboxylic acids is 1. The van der Waals surface area contributed by atoms with Crippen molar-refractivity contribution >= 4 is 28.3 Å². The van der Waals surface area contributed by atoms with E-state index in [2.05, 4.69) is 10.3 Å². The highest BCUT2D eigenvalue weighted by molar-refractivity contribution is 7.13. The Kier molecular flexibility index (Phi) is 6.35. The number of thiazole rings is 1. The minimum atomic E-state index is -0.746. The Morgan fingerprint density at radius 3 is 2.83 bits per heavy atom. The summed E-state index contributed by atoms with van der Waals surface area (Å²) in [5, 5.41) is 14.0. The number of rotatable bonds is 8. The van der Waals surface area contributed by atoms with Gasteiger partial charge in [0.25, 0.3) is 0 Å². The standard InChI is InChI=1S/C12H18N2O3S/c1-2-9(11(16)17)5-3-4-6-10(15)14-12-13-7-8-18-12/h7-9H,2-6H2,1H3,(H,16,17)(H,13,14,15). The third-order valence-electron chi connectivity index (χ3n) is 2.73. The zero-order valence-corrected chi connectivity index (χ0v) is 11.2. The van der Waals surface area contributed by atoms with Crippen molar-refractivity contribution in [2.45, 2.75) is 39.0 Å². The van der Waals surface area contributed by atoms with Gasteiger partial charge in [0, 0.05) is 18.0 Å². The summed E-state index contributed by atoms with van der Waals surface area (Å²) in [6, 6.07) is 0. The van der Waals surface area contributed by atoms with E-state index in [4.69, 9.17) is 5.11 Å². The summed E-state index contributed by atoms with van der Waals surface area (Å²) in [7, 11) is 0. The molecule has 0 saturated carbocycles. The van der Waals surface area contributed by atoms with E-state index in [1.54, 1.807) is 11.6 Å². The molecule has 0 aliphatic heterocycles. The van der Waals surface area contributed by atoms with Gasteiger partial charge in [0.05, 0.1) is 5.92 Å². The van der Waals surface area contributed by atoms with Gasteiger partial charge in [-0.3, -0.25) is 9.59 Å². The van der Waals surface area contributed by atoms with Crippen LogP contribution in [0.5, 0.6) is 0 Å². The van der Waals surface area contributed by atoms with E-state index in [0.29, 0.717) is 30.8 Å². The van der Waals surface area contributed by atoms with Crippen LogP contribution in [0.2, 0.25) is 0 Å². The summed E-state index contributed by atoms with van der Waals surface area (Å²) in [5.74, 6) is -1.09. The first kappa shape index (κ1) is 14.6. The molecule has 1 rings (SSSR count). The highest BCUT2D eigenvalue weighted by atomic mass is 32.1. The van der Waals surface area contributed by atoms with Crippen molar-refractivity contribution in [1.82, 2.24) is 4.98 Å². The smallest absolute Gasteiger partial charge is 0.306 e. The number of anilines is 1. The summed E-state index contributed by atoms with van der Waals surface area (Å²) >= 11 is 1.38. The van der Waals surface area contributed by atoms with E-state index >= 15 is 0 Å². The molecule has 6 heteroatoms. The number of hydrogen-bond donors (Lipinski definition) is 2. The average molecular weight is 270 g/mol. The molecule has 1 atom stereocenters. The minimum Gasteiger partial charge on any atom is -0.481 e. The molecular weight excluding hydrogens is 252 g/mol. The molecule has 2 N–H and O–H groups in total. The molecule has 0 bridgehead atoms. The molecule has 0 saturated heterocycles. The lowest BCUT2D eigenvalue weighted by Gasteiger charge is -2.08. The van der Waals surface area contributed by atoms with Crippen LogP contribution in [-0.2, 0) is 9.59 Å². The molecule has 1 unspecified atom stereocenters. The van der Waals surface area contributed by atoms with E-state index in [1.807, 2.05) is 6.92 Å². The molecule has 1 aromatic heterocycles. The molecule has 18 heavy (non-hydrogen) atoms. The van der Waals surface area contributed by atoms with Crippen molar-refractivity contribution in [2.24, 2.45) is 5.92 Å². The van der Waals surface area contributed by atoms with Gasteiger partial charge in [-0.05, 0) is 19.3 Å². The van der Waals surface area contributed by atoms with Gasteiger partial charge in [0.1, 0.15) is 0 Å². The number of nitrogens with one attached hydrogen (secondary N) is 1. The van der Waals surface area contributed by atoms with Crippen molar-refractivity contribution in [3.05, 3.63) is 11.6 Å². The van der Waals surface area contributed by atoms with Gasteiger partial charge in [-0.15, -0.1) is 11.3 Å². The highest BCUT2D eigenvalue weighted by Gasteiger charge is 2.14. The number of carboxylic acid groups (broad SMARTS) is 1. The van der Waals surface area contributed by atoms with Crippen LogP contribution in [0.25, 0.3) is 0 Å². The zero-order valence-electron chi connectivity index (χ0n) is 10.4. The Hall–Kier alpha value is -1.43. The number of carbonyl (C=O) groups is 2. The van der Waals surface area contributed by atoms with Crippen LogP contribution in [0.1, 0.15) is 39.0 Å². The van der Waals surface area contributed by atoms with E-state index in [1.165, 1.54) is 11.3 Å². The Morgan fingerprint density at radius 2 is 2.28 bits per heavy atom. The first-order valence-electron chi connectivity index (χ1n) is 6.05. The van der Waals surface area contributed by atoms with Gasteiger partial charge in [0.15, 0.2) is 5.13 Å². The molecule has 100 valence electrons. The number of unbranched alkanes of at least 4 members (excludes halogenated alkanes) is 1. The minimum absolute atomic E-state index is 0.0617. The Bertz CT molecular complexity index is 379. The van der Waals surface area contributed by atoms with Crippen molar-refractivity contribution in [2.75, 3.05) is 5.32 Å². The lowest BCUT2D eigenvalue weighted by molar-refractivity contribution is -0.142. The Balaban J connectivity index is 2.14. The lowest BCUT2D eigenvalue weighted by atomic mass is 9.99. The van der Waals surface area contributed by atoms with Gasteiger partial charge in [0.2, 0.25) is 5.91 Å². The second kappa shape index (κ2) is 7.81. The number of carbonyl (C=O) groups excluding carboxylic acids is 1. The van der Waals surface area contributed by atoms with Crippen LogP contribution in [-0.4, -0.2) is 22.0 Å². The van der Waals surface area contributed by atoms with E-state index < -0.39 is 5.97 Å². The third-order valence-corrected chi connectivity index (χ3v) is 3.42. The number of nitrogens with zero attached hydrogens (tertiary/aromatic N) is 1. The monoisotopic (exact) mass is 270 g/mol. The zero-order chi connectivity index (χ0) is 13.4. The van der Waals surface area contributed by atoms with Crippen molar-refractivity contribution in [1.29, 1.82) is 0 Å². The maximum absolute atomic E-state index is 11.5. The second-order valence-electron chi connectivity index (χ2n) is 4.07. The van der Waals surface area contributed by atoms with E-state index in [-0.39, 0.29) is 11.8 Å². The fourth-order valence-electron chi connectivity index (χ4n) is 1.65. The van der Waals surface area contributed by atoms with Crippen molar-refractivity contribution < 1.29 is 14.7 Å². The van der Waals surface area contributed by atoms with Crippen LogP contribution >= 0.6 is 11.3 Å². The topological polar surface area (TPSA) is 79.3 Å². The Morgan fingerprint density at radius 1 is 1.50 bits per heavy atom. The largest absolute Gasteiger partial charge is 0.481 e. The number of amides is 1. The third kappa shape index (κ3) is 5.27. The van der Waals surface area contributed by atoms with Crippen LogP contribution in [0.4, 0.5) is 5.13 Å². The molecule has 0 fully saturated rings. The van der Waals surface area contributed by atoms with Gasteiger partial charge in [-0.25, -0.2) is 4.98 Å². The van der Waals surface area contributed by atoms with Gasteiger partial charge in [-0.1, -0.05) is 13.3 Å². The molecule has 0 spiro atoms. The fourth-order valence-corrected chi connectivity index (χ4v) is 2.19. The van der Waals surface area contributed by atoms with Crippen LogP contribution < -0.4 is 5.32 Å². The van der Waals surface area contributed by atoms with Crippen LogP contribution in [0.3, 0.4) is 0 Å². The molecule has 1 aromatic rings. The van der Waals surface area contributed by atoms with Crippen molar-refractivity contribution in [3.8, 4) is 0 Å². The fraction of sp³-hybridized carbons (Fsp3) is 0.583. The maximum atomic E-state index is 11.5. The number of aromatic nitrogens is 1. The predicted molar refractivity (Wildman–Crippen MR) is 70.6 cm³/mol. The van der Waals surface area contributed by atoms with E-state index in [9.17, 15) is 9.59 Å². The highest BCUT2D eigenvalue weighted by Crippen LogP contribution is 2.15. The first-order chi connectivity index (χ1) is 8.63. The first-order valence-corrected chi connectivity index (χ1v) is 6.93. The predicted octanol–water partition coefficient (Wildman–Crippen LogP) is 2.75. The number of hydrogen-bond acceptors (Lipinski definition) is 4. The molecule has 1 heterocycles. The normalized spacial score (nSPS) is 12.1. The number of aliphatic carboxylic acids is 1. The summed E-state index contributed by atoms with van der Waals surface area (Å²) in [5.41, 5.74) is 0. The lowest BCUT2D eigenvalue weighted by Crippen LogP contribution is -2.13. The molecule has 0 radical (unpaired) electrons. The van der Waals surface area contributed by atoms with Gasteiger partial charge in [-0.2, -0.15) is 0 Å². The summed E-state index contributed by atoms with van der Waals surface area (Å²) < 4.78 is 0. The average Bonchev–Trinajstić information content (AvgIpc) is 2.81. The van der Waals surface area contributed by atoms with Gasteiger partial charge >= 0.3 is 5.97 Å². The van der Waals surface area contributed by atoms with Crippen LogP contribution in [0.15, 0.2) is 11.6 Å². The van der Waals surface area contributed by atoms with Crippen molar-refractivity contribution in [3.63, 3.8) is 0 Å². The van der Waals surface area contributed by atoms with Crippen LogP contribution in [0, 0.1) is 5.92 Å².